The van der Waals surface area contributed by atoms with Gasteiger partial charge in [-0.25, -0.2) is 4.79 Å². The molecule has 6 heteroatoms. The van der Waals surface area contributed by atoms with Gasteiger partial charge in [-0.15, -0.1) is 0 Å². The molecule has 0 amide bonds. The summed E-state index contributed by atoms with van der Waals surface area (Å²) >= 11 is 0. The molecule has 6 nitrogen and oxygen atoms in total. The van der Waals surface area contributed by atoms with Gasteiger partial charge in [0, 0.05) is 26.1 Å². The minimum absolute atomic E-state index is 0.0282. The highest BCUT2D eigenvalue weighted by Gasteiger charge is 2.37. The second-order valence-electron chi connectivity index (χ2n) is 7.83. The molecule has 0 spiro atoms. The highest BCUT2D eigenvalue weighted by atomic mass is 16.6. The number of carbonyl (C=O) groups excluding carboxylic acids is 2. The van der Waals surface area contributed by atoms with E-state index in [4.69, 9.17) is 14.3 Å². The van der Waals surface area contributed by atoms with Gasteiger partial charge in [-0.05, 0) is 50.2 Å². The number of ketones is 1. The quantitative estimate of drug-likeness (QED) is 0.351. The van der Waals surface area contributed by atoms with Crippen molar-refractivity contribution < 1.29 is 23.9 Å². The summed E-state index contributed by atoms with van der Waals surface area (Å²) in [5.41, 5.74) is 1.44. The lowest BCUT2D eigenvalue weighted by Gasteiger charge is -2.33. The number of hydrogen-bond acceptors (Lipinski definition) is 6. The van der Waals surface area contributed by atoms with Gasteiger partial charge in [-0.1, -0.05) is 36.7 Å². The molecule has 1 fully saturated rings. The van der Waals surface area contributed by atoms with Gasteiger partial charge < -0.3 is 14.3 Å². The molecule has 1 aromatic rings. The Kier molecular flexibility index (Phi) is 8.20. The Morgan fingerprint density at radius 1 is 1.17 bits per heavy atom. The number of nitrogens with zero attached hydrogens (tertiary/aromatic N) is 1. The van der Waals surface area contributed by atoms with Crippen LogP contribution in [0.2, 0.25) is 0 Å². The van der Waals surface area contributed by atoms with Crippen molar-refractivity contribution in [1.29, 1.82) is 0 Å². The lowest BCUT2D eigenvalue weighted by Crippen LogP contribution is -2.33. The van der Waals surface area contributed by atoms with E-state index in [-0.39, 0.29) is 11.7 Å². The van der Waals surface area contributed by atoms with Crippen LogP contribution in [-0.2, 0) is 19.1 Å². The summed E-state index contributed by atoms with van der Waals surface area (Å²) in [7, 11) is 0. The van der Waals surface area contributed by atoms with E-state index in [0.717, 1.165) is 25.9 Å². The van der Waals surface area contributed by atoms with Gasteiger partial charge in [0.25, 0.3) is 0 Å². The average Bonchev–Trinajstić information content (AvgIpc) is 2.78. The smallest absolute Gasteiger partial charge is 0.343 e. The van der Waals surface area contributed by atoms with Gasteiger partial charge in [0.15, 0.2) is 5.78 Å². The third-order valence-electron chi connectivity index (χ3n) is 5.62. The van der Waals surface area contributed by atoms with Crippen molar-refractivity contribution in [2.24, 2.45) is 17.0 Å². The second-order valence-corrected chi connectivity index (χ2v) is 7.83. The lowest BCUT2D eigenvalue weighted by atomic mass is 9.76. The molecule has 0 radical (unpaired) electrons. The predicted octanol–water partition coefficient (Wildman–Crippen LogP) is 4.70. The molecule has 1 saturated heterocycles. The molecule has 3 rings (SSSR count). The first-order chi connectivity index (χ1) is 14.6. The number of oxime groups is 1. The third kappa shape index (κ3) is 5.57. The first-order valence-electron chi connectivity index (χ1n) is 10.9. The summed E-state index contributed by atoms with van der Waals surface area (Å²) in [4.78, 5) is 31.3. The van der Waals surface area contributed by atoms with E-state index < -0.39 is 5.97 Å². The summed E-state index contributed by atoms with van der Waals surface area (Å²) < 4.78 is 11.5. The molecule has 1 heterocycles. The maximum absolute atomic E-state index is 13.2. The van der Waals surface area contributed by atoms with Gasteiger partial charge >= 0.3 is 5.97 Å². The summed E-state index contributed by atoms with van der Waals surface area (Å²) in [5.74, 6) is 0.342. The Morgan fingerprint density at radius 3 is 2.63 bits per heavy atom. The fourth-order valence-electron chi connectivity index (χ4n) is 4.13. The summed E-state index contributed by atoms with van der Waals surface area (Å²) in [5, 5.41) is 4.20. The second kappa shape index (κ2) is 11.1. The molecule has 1 aliphatic heterocycles. The maximum atomic E-state index is 13.2. The SMILES string of the molecule is CCCC(=NOCC)C1=C(OC(=O)c2ccccc2)CC(C2CCCOC2)CC1=O. The normalized spacial score (nSPS) is 22.7. The van der Waals surface area contributed by atoms with E-state index in [0.29, 0.717) is 61.0 Å². The molecule has 0 saturated carbocycles. The zero-order valence-corrected chi connectivity index (χ0v) is 17.9. The van der Waals surface area contributed by atoms with Crippen molar-refractivity contribution in [1.82, 2.24) is 0 Å². The van der Waals surface area contributed by atoms with Crippen LogP contribution in [0.5, 0.6) is 0 Å². The Bertz CT molecular complexity index is 793. The Labute approximate surface area is 178 Å². The molecule has 2 atom stereocenters. The number of ether oxygens (including phenoxy) is 2. The van der Waals surface area contributed by atoms with Crippen LogP contribution in [0.1, 0.15) is 62.7 Å². The van der Waals surface area contributed by atoms with E-state index in [2.05, 4.69) is 5.16 Å². The van der Waals surface area contributed by atoms with E-state index in [1.165, 1.54) is 0 Å². The standard InChI is InChI=1S/C24H31NO5/c1-3-9-20(25-29-4-2)23-21(26)14-19(18-12-8-13-28-16-18)15-22(23)30-24(27)17-10-6-5-7-11-17/h5-7,10-11,18-19H,3-4,8-9,12-16H2,1-2H3. The van der Waals surface area contributed by atoms with Gasteiger partial charge in [0.05, 0.1) is 16.8 Å². The number of Topliss-reactive ketones (excluding diaryl/α,β-unsaturated/α-hetero) is 1. The number of rotatable bonds is 8. The number of benzene rings is 1. The number of allylic oxidation sites excluding steroid dienone is 2. The van der Waals surface area contributed by atoms with Crippen molar-refractivity contribution in [3.8, 4) is 0 Å². The monoisotopic (exact) mass is 413 g/mol. The fourth-order valence-corrected chi connectivity index (χ4v) is 4.13. The van der Waals surface area contributed by atoms with Gasteiger partial charge in [0.1, 0.15) is 12.4 Å². The van der Waals surface area contributed by atoms with Crippen LogP contribution in [0.25, 0.3) is 0 Å². The van der Waals surface area contributed by atoms with Crippen LogP contribution in [0.4, 0.5) is 0 Å². The first kappa shape index (κ1) is 22.2. The molecule has 0 bridgehead atoms. The number of hydrogen-bond donors (Lipinski definition) is 0. The molecule has 30 heavy (non-hydrogen) atoms. The van der Waals surface area contributed by atoms with Crippen LogP contribution in [0.3, 0.4) is 0 Å². The van der Waals surface area contributed by atoms with Gasteiger partial charge in [-0.2, -0.15) is 0 Å². The summed E-state index contributed by atoms with van der Waals surface area (Å²) in [6.45, 7) is 5.71. The third-order valence-corrected chi connectivity index (χ3v) is 5.62. The Hall–Kier alpha value is -2.47. The average molecular weight is 414 g/mol. The zero-order valence-electron chi connectivity index (χ0n) is 17.9. The molecule has 0 N–H and O–H groups in total. The molecule has 162 valence electrons. The van der Waals surface area contributed by atoms with Crippen LogP contribution >= 0.6 is 0 Å². The minimum atomic E-state index is -0.455. The predicted molar refractivity (Wildman–Crippen MR) is 114 cm³/mol. The topological polar surface area (TPSA) is 74.2 Å². The number of carbonyl (C=O) groups is 2. The summed E-state index contributed by atoms with van der Waals surface area (Å²) in [6.07, 6.45) is 4.38. The van der Waals surface area contributed by atoms with Crippen LogP contribution < -0.4 is 0 Å². The van der Waals surface area contributed by atoms with Crippen molar-refractivity contribution >= 4 is 17.5 Å². The minimum Gasteiger partial charge on any atom is -0.427 e. The largest absolute Gasteiger partial charge is 0.427 e. The van der Waals surface area contributed by atoms with E-state index in [1.54, 1.807) is 24.3 Å². The molecular formula is C24H31NO5. The van der Waals surface area contributed by atoms with Crippen LogP contribution in [-0.4, -0.2) is 37.3 Å². The Balaban J connectivity index is 1.93. The molecule has 2 aliphatic rings. The molecular weight excluding hydrogens is 382 g/mol. The highest BCUT2D eigenvalue weighted by Crippen LogP contribution is 2.37. The number of esters is 1. The fraction of sp³-hybridized carbons (Fsp3) is 0.542. The van der Waals surface area contributed by atoms with Crippen LogP contribution in [0.15, 0.2) is 46.8 Å². The molecule has 1 aromatic carbocycles. The van der Waals surface area contributed by atoms with E-state index in [9.17, 15) is 9.59 Å². The van der Waals surface area contributed by atoms with E-state index >= 15 is 0 Å². The molecule has 0 aromatic heterocycles. The van der Waals surface area contributed by atoms with E-state index in [1.807, 2.05) is 19.9 Å². The lowest BCUT2D eigenvalue weighted by molar-refractivity contribution is -0.117. The summed E-state index contributed by atoms with van der Waals surface area (Å²) in [6, 6.07) is 8.85. The maximum Gasteiger partial charge on any atom is 0.343 e. The Morgan fingerprint density at radius 2 is 1.97 bits per heavy atom. The first-order valence-corrected chi connectivity index (χ1v) is 10.9. The van der Waals surface area contributed by atoms with Crippen molar-refractivity contribution in [2.45, 2.75) is 52.4 Å². The van der Waals surface area contributed by atoms with Crippen molar-refractivity contribution in [2.75, 3.05) is 19.8 Å². The van der Waals surface area contributed by atoms with Crippen LogP contribution in [0, 0.1) is 11.8 Å². The van der Waals surface area contributed by atoms with Gasteiger partial charge in [-0.3, -0.25) is 4.79 Å². The molecule has 2 unspecified atom stereocenters. The molecule has 1 aliphatic carbocycles. The van der Waals surface area contributed by atoms with Crippen molar-refractivity contribution in [3.05, 3.63) is 47.2 Å². The van der Waals surface area contributed by atoms with Crippen molar-refractivity contribution in [3.63, 3.8) is 0 Å². The highest BCUT2D eigenvalue weighted by molar-refractivity contribution is 6.23. The van der Waals surface area contributed by atoms with Gasteiger partial charge in [0.2, 0.25) is 0 Å². The zero-order chi connectivity index (χ0) is 21.3.